The van der Waals surface area contributed by atoms with E-state index >= 15 is 0 Å². The van der Waals surface area contributed by atoms with E-state index in [9.17, 15) is 5.11 Å². The van der Waals surface area contributed by atoms with Crippen molar-refractivity contribution in [3.63, 3.8) is 0 Å². The molecule has 0 fully saturated rings. The van der Waals surface area contributed by atoms with E-state index in [1.807, 2.05) is 13.8 Å². The standard InChI is InChI=1S/C13H20OS/c1-12(2,13(3,4)14)10-6-8-11(15-5)9-7-10/h6-9,14H,1-5H3. The van der Waals surface area contributed by atoms with Gasteiger partial charge in [0.2, 0.25) is 0 Å². The molecule has 1 aromatic carbocycles. The molecule has 1 aromatic rings. The van der Waals surface area contributed by atoms with Crippen LogP contribution in [0.2, 0.25) is 0 Å². The first-order valence-corrected chi connectivity index (χ1v) is 6.38. The maximum atomic E-state index is 10.1. The average Bonchev–Trinajstić information content (AvgIpc) is 2.16. The third-order valence-electron chi connectivity index (χ3n) is 3.34. The van der Waals surface area contributed by atoms with Gasteiger partial charge >= 0.3 is 0 Å². The molecule has 0 radical (unpaired) electrons. The summed E-state index contributed by atoms with van der Waals surface area (Å²) in [5, 5.41) is 10.1. The van der Waals surface area contributed by atoms with Gasteiger partial charge in [-0.05, 0) is 37.8 Å². The third-order valence-corrected chi connectivity index (χ3v) is 4.08. The predicted molar refractivity (Wildman–Crippen MR) is 67.5 cm³/mol. The molecule has 84 valence electrons. The van der Waals surface area contributed by atoms with Gasteiger partial charge < -0.3 is 5.11 Å². The summed E-state index contributed by atoms with van der Waals surface area (Å²) in [6.45, 7) is 7.85. The van der Waals surface area contributed by atoms with Crippen molar-refractivity contribution >= 4 is 11.8 Å². The molecular formula is C13H20OS. The monoisotopic (exact) mass is 224 g/mol. The quantitative estimate of drug-likeness (QED) is 0.793. The van der Waals surface area contributed by atoms with E-state index in [4.69, 9.17) is 0 Å². The minimum atomic E-state index is -0.714. The highest BCUT2D eigenvalue weighted by Crippen LogP contribution is 2.35. The summed E-state index contributed by atoms with van der Waals surface area (Å²) in [4.78, 5) is 1.25. The number of benzene rings is 1. The second kappa shape index (κ2) is 4.18. The predicted octanol–water partition coefficient (Wildman–Crippen LogP) is 3.46. The second-order valence-corrected chi connectivity index (χ2v) is 5.79. The lowest BCUT2D eigenvalue weighted by atomic mass is 9.72. The number of hydrogen-bond acceptors (Lipinski definition) is 2. The smallest absolute Gasteiger partial charge is 0.0682 e. The molecule has 0 heterocycles. The number of thioether (sulfide) groups is 1. The zero-order valence-corrected chi connectivity index (χ0v) is 11.0. The molecule has 15 heavy (non-hydrogen) atoms. The van der Waals surface area contributed by atoms with E-state index in [1.165, 1.54) is 10.5 Å². The van der Waals surface area contributed by atoms with Gasteiger partial charge in [0.15, 0.2) is 0 Å². The lowest BCUT2D eigenvalue weighted by Gasteiger charge is -2.37. The summed E-state index contributed by atoms with van der Waals surface area (Å²) in [5.74, 6) is 0. The largest absolute Gasteiger partial charge is 0.390 e. The Labute approximate surface area is 96.9 Å². The van der Waals surface area contributed by atoms with Crippen LogP contribution in [0.15, 0.2) is 29.2 Å². The molecule has 0 bridgehead atoms. The zero-order valence-electron chi connectivity index (χ0n) is 10.2. The van der Waals surface area contributed by atoms with Crippen LogP contribution in [0, 0.1) is 0 Å². The van der Waals surface area contributed by atoms with Crippen LogP contribution in [-0.4, -0.2) is 17.0 Å². The Morgan fingerprint density at radius 3 is 1.80 bits per heavy atom. The molecule has 0 unspecified atom stereocenters. The maximum absolute atomic E-state index is 10.1. The minimum absolute atomic E-state index is 0.232. The molecule has 0 saturated carbocycles. The van der Waals surface area contributed by atoms with Crippen molar-refractivity contribution in [2.24, 2.45) is 0 Å². The Morgan fingerprint density at radius 1 is 1.00 bits per heavy atom. The highest BCUT2D eigenvalue weighted by molar-refractivity contribution is 7.98. The van der Waals surface area contributed by atoms with E-state index in [-0.39, 0.29) is 5.41 Å². The lowest BCUT2D eigenvalue weighted by molar-refractivity contribution is 0.00962. The molecule has 0 amide bonds. The van der Waals surface area contributed by atoms with Crippen LogP contribution in [-0.2, 0) is 5.41 Å². The molecule has 0 saturated heterocycles. The van der Waals surface area contributed by atoms with Crippen LogP contribution in [0.25, 0.3) is 0 Å². The molecule has 0 spiro atoms. The van der Waals surface area contributed by atoms with Gasteiger partial charge in [-0.2, -0.15) is 0 Å². The van der Waals surface area contributed by atoms with Crippen molar-refractivity contribution in [1.29, 1.82) is 0 Å². The van der Waals surface area contributed by atoms with E-state index in [0.29, 0.717) is 0 Å². The SMILES string of the molecule is CSc1ccc(C(C)(C)C(C)(C)O)cc1. The van der Waals surface area contributed by atoms with Gasteiger partial charge in [0.1, 0.15) is 0 Å². The molecule has 1 nitrogen and oxygen atoms in total. The Kier molecular flexibility index (Phi) is 3.51. The fourth-order valence-corrected chi connectivity index (χ4v) is 1.77. The van der Waals surface area contributed by atoms with Crippen molar-refractivity contribution in [3.05, 3.63) is 29.8 Å². The van der Waals surface area contributed by atoms with Crippen LogP contribution >= 0.6 is 11.8 Å². The molecule has 0 atom stereocenters. The first-order chi connectivity index (χ1) is 6.79. The van der Waals surface area contributed by atoms with Gasteiger partial charge in [-0.15, -0.1) is 11.8 Å². The summed E-state index contributed by atoms with van der Waals surface area (Å²) in [7, 11) is 0. The van der Waals surface area contributed by atoms with E-state index in [2.05, 4.69) is 44.4 Å². The normalized spacial score (nSPS) is 12.9. The third kappa shape index (κ3) is 2.56. The van der Waals surface area contributed by atoms with Gasteiger partial charge in [-0.25, -0.2) is 0 Å². The Hall–Kier alpha value is -0.470. The lowest BCUT2D eigenvalue weighted by Crippen LogP contribution is -2.42. The molecule has 2 heteroatoms. The van der Waals surface area contributed by atoms with Gasteiger partial charge in [-0.1, -0.05) is 26.0 Å². The van der Waals surface area contributed by atoms with Gasteiger partial charge in [-0.3, -0.25) is 0 Å². The zero-order chi connectivity index (χ0) is 11.7. The van der Waals surface area contributed by atoms with Crippen LogP contribution < -0.4 is 0 Å². The molecule has 0 aliphatic rings. The highest BCUT2D eigenvalue weighted by Gasteiger charge is 2.36. The number of aliphatic hydroxyl groups is 1. The fraction of sp³-hybridized carbons (Fsp3) is 0.538. The highest BCUT2D eigenvalue weighted by atomic mass is 32.2. The van der Waals surface area contributed by atoms with E-state index in [1.54, 1.807) is 11.8 Å². The fourth-order valence-electron chi connectivity index (χ4n) is 1.36. The number of rotatable bonds is 3. The topological polar surface area (TPSA) is 20.2 Å². The molecule has 1 rings (SSSR count). The Balaban J connectivity index is 3.06. The molecular weight excluding hydrogens is 204 g/mol. The molecule has 1 N–H and O–H groups in total. The van der Waals surface area contributed by atoms with Crippen molar-refractivity contribution in [2.45, 2.75) is 43.6 Å². The summed E-state index contributed by atoms with van der Waals surface area (Å²) in [5.41, 5.74) is 0.227. The van der Waals surface area contributed by atoms with Gasteiger partial charge in [0.25, 0.3) is 0 Å². The van der Waals surface area contributed by atoms with E-state index in [0.717, 1.165) is 0 Å². The summed E-state index contributed by atoms with van der Waals surface area (Å²) in [6.07, 6.45) is 2.07. The van der Waals surface area contributed by atoms with Crippen molar-refractivity contribution < 1.29 is 5.11 Å². The average molecular weight is 224 g/mol. The minimum Gasteiger partial charge on any atom is -0.390 e. The Morgan fingerprint density at radius 2 is 1.47 bits per heavy atom. The van der Waals surface area contributed by atoms with Gasteiger partial charge in [0.05, 0.1) is 5.60 Å². The van der Waals surface area contributed by atoms with Crippen LogP contribution in [0.1, 0.15) is 33.3 Å². The van der Waals surface area contributed by atoms with Crippen LogP contribution in [0.4, 0.5) is 0 Å². The Bertz CT molecular complexity index is 319. The summed E-state index contributed by atoms with van der Waals surface area (Å²) in [6, 6.07) is 8.41. The first-order valence-electron chi connectivity index (χ1n) is 5.16. The van der Waals surface area contributed by atoms with Crippen molar-refractivity contribution in [1.82, 2.24) is 0 Å². The maximum Gasteiger partial charge on any atom is 0.0682 e. The van der Waals surface area contributed by atoms with Crippen molar-refractivity contribution in [2.75, 3.05) is 6.26 Å². The molecule has 0 aliphatic heterocycles. The summed E-state index contributed by atoms with van der Waals surface area (Å²) < 4.78 is 0. The van der Waals surface area contributed by atoms with Crippen LogP contribution in [0.3, 0.4) is 0 Å². The molecule has 0 aliphatic carbocycles. The van der Waals surface area contributed by atoms with E-state index < -0.39 is 5.60 Å². The first kappa shape index (κ1) is 12.6. The summed E-state index contributed by atoms with van der Waals surface area (Å²) >= 11 is 1.73. The second-order valence-electron chi connectivity index (χ2n) is 4.91. The molecule has 0 aromatic heterocycles. The number of hydrogen-bond donors (Lipinski definition) is 1. The van der Waals surface area contributed by atoms with Crippen LogP contribution in [0.5, 0.6) is 0 Å². The van der Waals surface area contributed by atoms with Gasteiger partial charge in [0, 0.05) is 10.3 Å². The van der Waals surface area contributed by atoms with Crippen molar-refractivity contribution in [3.8, 4) is 0 Å².